The van der Waals surface area contributed by atoms with Crippen molar-refractivity contribution in [2.24, 2.45) is 5.92 Å². The van der Waals surface area contributed by atoms with Crippen LogP contribution in [0.5, 0.6) is 0 Å². The van der Waals surface area contributed by atoms with Gasteiger partial charge < -0.3 is 10.4 Å². The zero-order valence-corrected chi connectivity index (χ0v) is 11.2. The number of benzene rings is 1. The molecule has 1 amide bonds. The molecular weight excluding hydrogens is 242 g/mol. The van der Waals surface area contributed by atoms with Crippen molar-refractivity contribution in [3.05, 3.63) is 42.0 Å². The van der Waals surface area contributed by atoms with Crippen LogP contribution in [0.4, 0.5) is 0 Å². The molecule has 0 aliphatic heterocycles. The van der Waals surface area contributed by atoms with E-state index in [0.29, 0.717) is 6.42 Å². The standard InChI is InChI=1S/C15H19NO3/c1-3-11(2)14(15(18)19)16-13(17)10-9-12-7-5-4-6-8-12/h4-11,14H,3H2,1-2H3,(H,16,17)(H,18,19)/t11?,14-/m0/s1. The van der Waals surface area contributed by atoms with Gasteiger partial charge in [-0.25, -0.2) is 4.79 Å². The van der Waals surface area contributed by atoms with E-state index in [9.17, 15) is 9.59 Å². The van der Waals surface area contributed by atoms with Crippen molar-refractivity contribution in [2.75, 3.05) is 0 Å². The molecule has 0 aliphatic rings. The second-order valence-electron chi connectivity index (χ2n) is 4.45. The highest BCUT2D eigenvalue weighted by Gasteiger charge is 2.24. The molecule has 1 unspecified atom stereocenters. The largest absolute Gasteiger partial charge is 0.480 e. The number of hydrogen-bond donors (Lipinski definition) is 2. The fraction of sp³-hybridized carbons (Fsp3) is 0.333. The number of carbonyl (C=O) groups excluding carboxylic acids is 1. The normalized spacial score (nSPS) is 14.0. The minimum atomic E-state index is -1.00. The Morgan fingerprint density at radius 3 is 2.47 bits per heavy atom. The van der Waals surface area contributed by atoms with E-state index in [0.717, 1.165) is 5.56 Å². The molecule has 1 aromatic carbocycles. The van der Waals surface area contributed by atoms with Crippen LogP contribution in [-0.4, -0.2) is 23.0 Å². The molecule has 0 radical (unpaired) electrons. The Balaban J connectivity index is 2.63. The summed E-state index contributed by atoms with van der Waals surface area (Å²) in [6.45, 7) is 3.70. The molecule has 4 nitrogen and oxygen atoms in total. The number of aliphatic carboxylic acids is 1. The number of carbonyl (C=O) groups is 2. The molecular formula is C15H19NO3. The van der Waals surface area contributed by atoms with E-state index in [1.165, 1.54) is 6.08 Å². The monoisotopic (exact) mass is 261 g/mol. The van der Waals surface area contributed by atoms with E-state index in [2.05, 4.69) is 5.32 Å². The second-order valence-corrected chi connectivity index (χ2v) is 4.45. The lowest BCUT2D eigenvalue weighted by Gasteiger charge is -2.19. The molecule has 0 bridgehead atoms. The van der Waals surface area contributed by atoms with Crippen LogP contribution in [0.15, 0.2) is 36.4 Å². The van der Waals surface area contributed by atoms with E-state index >= 15 is 0 Å². The molecule has 0 aliphatic carbocycles. The molecule has 0 heterocycles. The Bertz CT molecular complexity index is 454. The fourth-order valence-corrected chi connectivity index (χ4v) is 1.62. The van der Waals surface area contributed by atoms with Crippen LogP contribution in [0, 0.1) is 5.92 Å². The summed E-state index contributed by atoms with van der Waals surface area (Å²) in [4.78, 5) is 22.8. The lowest BCUT2D eigenvalue weighted by Crippen LogP contribution is -2.44. The molecule has 0 spiro atoms. The van der Waals surface area contributed by atoms with Crippen LogP contribution < -0.4 is 5.32 Å². The number of amides is 1. The highest BCUT2D eigenvalue weighted by molar-refractivity contribution is 5.94. The molecule has 0 aromatic heterocycles. The smallest absolute Gasteiger partial charge is 0.326 e. The van der Waals surface area contributed by atoms with Gasteiger partial charge in [0.05, 0.1) is 0 Å². The van der Waals surface area contributed by atoms with Gasteiger partial charge in [-0.15, -0.1) is 0 Å². The van der Waals surface area contributed by atoms with Gasteiger partial charge in [-0.2, -0.15) is 0 Å². The maximum absolute atomic E-state index is 11.7. The first-order valence-electron chi connectivity index (χ1n) is 6.31. The van der Waals surface area contributed by atoms with Crippen LogP contribution in [0.1, 0.15) is 25.8 Å². The van der Waals surface area contributed by atoms with Gasteiger partial charge >= 0.3 is 5.97 Å². The summed E-state index contributed by atoms with van der Waals surface area (Å²) in [7, 11) is 0. The van der Waals surface area contributed by atoms with Gasteiger partial charge in [-0.1, -0.05) is 50.6 Å². The average molecular weight is 261 g/mol. The van der Waals surface area contributed by atoms with Crippen LogP contribution in [0.3, 0.4) is 0 Å². The number of hydrogen-bond acceptors (Lipinski definition) is 2. The van der Waals surface area contributed by atoms with E-state index < -0.39 is 17.9 Å². The predicted molar refractivity (Wildman–Crippen MR) is 74.5 cm³/mol. The zero-order chi connectivity index (χ0) is 14.3. The SMILES string of the molecule is CCC(C)[C@H](NC(=O)C=Cc1ccccc1)C(=O)O. The summed E-state index contributed by atoms with van der Waals surface area (Å²) >= 11 is 0. The Morgan fingerprint density at radius 2 is 1.95 bits per heavy atom. The quantitative estimate of drug-likeness (QED) is 0.772. The summed E-state index contributed by atoms with van der Waals surface area (Å²) in [5.74, 6) is -1.50. The highest BCUT2D eigenvalue weighted by Crippen LogP contribution is 2.08. The lowest BCUT2D eigenvalue weighted by atomic mass is 9.99. The molecule has 0 fully saturated rings. The number of rotatable bonds is 6. The first-order chi connectivity index (χ1) is 9.04. The third kappa shape index (κ3) is 4.95. The molecule has 1 aromatic rings. The molecule has 0 saturated heterocycles. The molecule has 2 atom stereocenters. The third-order valence-corrected chi connectivity index (χ3v) is 3.00. The zero-order valence-electron chi connectivity index (χ0n) is 11.2. The average Bonchev–Trinajstić information content (AvgIpc) is 2.42. The second kappa shape index (κ2) is 7.36. The van der Waals surface area contributed by atoms with Gasteiger partial charge in [0.1, 0.15) is 6.04 Å². The Hall–Kier alpha value is -2.10. The van der Waals surface area contributed by atoms with Crippen LogP contribution in [0.25, 0.3) is 6.08 Å². The topological polar surface area (TPSA) is 66.4 Å². The van der Waals surface area contributed by atoms with Crippen LogP contribution in [0.2, 0.25) is 0 Å². The third-order valence-electron chi connectivity index (χ3n) is 3.00. The Labute approximate surface area is 113 Å². The van der Waals surface area contributed by atoms with Gasteiger partial charge in [0.15, 0.2) is 0 Å². The van der Waals surface area contributed by atoms with Gasteiger partial charge in [-0.05, 0) is 17.6 Å². The summed E-state index contributed by atoms with van der Waals surface area (Å²) < 4.78 is 0. The van der Waals surface area contributed by atoms with Crippen molar-refractivity contribution in [1.82, 2.24) is 5.32 Å². The van der Waals surface area contributed by atoms with Gasteiger partial charge in [-0.3, -0.25) is 4.79 Å². The molecule has 4 heteroatoms. The summed E-state index contributed by atoms with van der Waals surface area (Å²) in [6.07, 6.45) is 3.71. The fourth-order valence-electron chi connectivity index (χ4n) is 1.62. The lowest BCUT2D eigenvalue weighted by molar-refractivity contribution is -0.142. The minimum absolute atomic E-state index is 0.105. The van der Waals surface area contributed by atoms with Crippen molar-refractivity contribution in [1.29, 1.82) is 0 Å². The first kappa shape index (κ1) is 15.0. The van der Waals surface area contributed by atoms with E-state index in [1.54, 1.807) is 13.0 Å². The molecule has 0 saturated carbocycles. The minimum Gasteiger partial charge on any atom is -0.480 e. The van der Waals surface area contributed by atoms with Crippen molar-refractivity contribution in [3.8, 4) is 0 Å². The Kier molecular flexibility index (Phi) is 5.79. The molecule has 19 heavy (non-hydrogen) atoms. The van der Waals surface area contributed by atoms with Gasteiger partial charge in [0.2, 0.25) is 5.91 Å². The number of nitrogens with one attached hydrogen (secondary N) is 1. The predicted octanol–water partition coefficient (Wildman–Crippen LogP) is 2.32. The molecule has 1 rings (SSSR count). The maximum atomic E-state index is 11.7. The van der Waals surface area contributed by atoms with Crippen LogP contribution in [-0.2, 0) is 9.59 Å². The van der Waals surface area contributed by atoms with Crippen molar-refractivity contribution in [3.63, 3.8) is 0 Å². The summed E-state index contributed by atoms with van der Waals surface area (Å²) in [5.41, 5.74) is 0.896. The summed E-state index contributed by atoms with van der Waals surface area (Å²) in [6, 6.07) is 8.52. The number of carboxylic acids is 1. The molecule has 102 valence electrons. The first-order valence-corrected chi connectivity index (χ1v) is 6.31. The van der Waals surface area contributed by atoms with E-state index in [4.69, 9.17) is 5.11 Å². The molecule has 2 N–H and O–H groups in total. The highest BCUT2D eigenvalue weighted by atomic mass is 16.4. The van der Waals surface area contributed by atoms with Gasteiger partial charge in [0, 0.05) is 6.08 Å². The van der Waals surface area contributed by atoms with Crippen molar-refractivity contribution >= 4 is 18.0 Å². The van der Waals surface area contributed by atoms with Crippen molar-refractivity contribution < 1.29 is 14.7 Å². The van der Waals surface area contributed by atoms with E-state index in [-0.39, 0.29) is 5.92 Å². The maximum Gasteiger partial charge on any atom is 0.326 e. The Morgan fingerprint density at radius 1 is 1.32 bits per heavy atom. The summed E-state index contributed by atoms with van der Waals surface area (Å²) in [5, 5.41) is 11.6. The van der Waals surface area contributed by atoms with Gasteiger partial charge in [0.25, 0.3) is 0 Å². The van der Waals surface area contributed by atoms with E-state index in [1.807, 2.05) is 37.3 Å². The number of carboxylic acid groups (broad SMARTS) is 1. The van der Waals surface area contributed by atoms with Crippen LogP contribution >= 0.6 is 0 Å². The van der Waals surface area contributed by atoms with Crippen molar-refractivity contribution in [2.45, 2.75) is 26.3 Å².